The lowest BCUT2D eigenvalue weighted by Crippen LogP contribution is -2.39. The van der Waals surface area contributed by atoms with E-state index >= 15 is 0 Å². The molecule has 6 heteroatoms. The van der Waals surface area contributed by atoms with E-state index in [4.69, 9.17) is 0 Å². The third kappa shape index (κ3) is 5.43. The maximum absolute atomic E-state index is 12.6. The van der Waals surface area contributed by atoms with Crippen LogP contribution in [0.25, 0.3) is 0 Å². The first-order chi connectivity index (χ1) is 15.1. The number of nitrogens with one attached hydrogen (secondary N) is 2. The van der Waals surface area contributed by atoms with Gasteiger partial charge < -0.3 is 15.5 Å². The molecule has 1 aromatic heterocycles. The quantitative estimate of drug-likeness (QED) is 0.722. The average molecular weight is 421 g/mol. The molecule has 2 amide bonds. The number of hydrogen-bond donors (Lipinski definition) is 2. The first-order valence-corrected chi connectivity index (χ1v) is 11.4. The van der Waals surface area contributed by atoms with E-state index in [9.17, 15) is 9.59 Å². The fourth-order valence-electron chi connectivity index (χ4n) is 4.67. The summed E-state index contributed by atoms with van der Waals surface area (Å²) in [5.41, 5.74) is 4.20. The molecule has 1 aliphatic carbocycles. The second-order valence-electron chi connectivity index (χ2n) is 8.77. The zero-order valence-electron chi connectivity index (χ0n) is 18.3. The van der Waals surface area contributed by atoms with Crippen LogP contribution in [0.15, 0.2) is 42.6 Å². The topological polar surface area (TPSA) is 74.3 Å². The van der Waals surface area contributed by atoms with Gasteiger partial charge in [0.2, 0.25) is 5.91 Å². The van der Waals surface area contributed by atoms with Crippen LogP contribution in [0, 0.1) is 18.8 Å². The number of benzene rings is 1. The highest BCUT2D eigenvalue weighted by molar-refractivity contribution is 5.93. The minimum absolute atomic E-state index is 0.0733. The molecule has 31 heavy (non-hydrogen) atoms. The molecule has 2 N–H and O–H groups in total. The molecule has 0 unspecified atom stereocenters. The Morgan fingerprint density at radius 2 is 1.87 bits per heavy atom. The lowest BCUT2D eigenvalue weighted by molar-refractivity contribution is -0.126. The molecule has 2 heterocycles. The molecule has 1 saturated carbocycles. The Labute approximate surface area is 184 Å². The van der Waals surface area contributed by atoms with Gasteiger partial charge in [0, 0.05) is 49.7 Å². The second-order valence-corrected chi connectivity index (χ2v) is 8.77. The predicted octanol–water partition coefficient (Wildman–Crippen LogP) is 3.11. The summed E-state index contributed by atoms with van der Waals surface area (Å²) in [5.74, 6) is 0.642. The number of pyridine rings is 1. The van der Waals surface area contributed by atoms with Crippen LogP contribution in [0.5, 0.6) is 0 Å². The number of aryl methyl sites for hydroxylation is 1. The van der Waals surface area contributed by atoms with Crippen molar-refractivity contribution in [3.63, 3.8) is 0 Å². The Bertz CT molecular complexity index is 904. The minimum atomic E-state index is -0.0733. The molecular formula is C25H32N4O2. The fourth-order valence-corrected chi connectivity index (χ4v) is 4.67. The standard InChI is InChI=1S/C25H32N4O2/c1-18-6-9-22(17-27-18)25(31)28-16-19-7-10-21(11-8-19)24(30)26-13-15-29-14-12-20-4-2-3-5-23(20)29/h2-6,9,17,19,21H,7-8,10-16H2,1H3,(H,26,30)(H,28,31). The molecule has 0 saturated heterocycles. The van der Waals surface area contributed by atoms with Crippen molar-refractivity contribution in [1.29, 1.82) is 0 Å². The number of fused-ring (bicyclic) bond motifs is 1. The highest BCUT2D eigenvalue weighted by atomic mass is 16.2. The van der Waals surface area contributed by atoms with Crippen molar-refractivity contribution >= 4 is 17.5 Å². The van der Waals surface area contributed by atoms with E-state index in [1.807, 2.05) is 13.0 Å². The molecular weight excluding hydrogens is 388 g/mol. The van der Waals surface area contributed by atoms with Gasteiger partial charge in [-0.25, -0.2) is 0 Å². The van der Waals surface area contributed by atoms with Gasteiger partial charge in [0.1, 0.15) is 0 Å². The number of carbonyl (C=O) groups excluding carboxylic acids is 2. The highest BCUT2D eigenvalue weighted by Gasteiger charge is 2.26. The smallest absolute Gasteiger partial charge is 0.252 e. The van der Waals surface area contributed by atoms with E-state index < -0.39 is 0 Å². The summed E-state index contributed by atoms with van der Waals surface area (Å²) in [6.45, 7) is 5.15. The van der Waals surface area contributed by atoms with Crippen molar-refractivity contribution in [2.45, 2.75) is 39.0 Å². The summed E-state index contributed by atoms with van der Waals surface area (Å²) in [6.07, 6.45) is 6.45. The van der Waals surface area contributed by atoms with Crippen LogP contribution in [0.3, 0.4) is 0 Å². The fraction of sp³-hybridized carbons (Fsp3) is 0.480. The molecule has 1 fully saturated rings. The van der Waals surface area contributed by atoms with Crippen molar-refractivity contribution in [1.82, 2.24) is 15.6 Å². The van der Waals surface area contributed by atoms with Crippen LogP contribution in [0.2, 0.25) is 0 Å². The zero-order valence-corrected chi connectivity index (χ0v) is 18.3. The maximum Gasteiger partial charge on any atom is 0.252 e. The summed E-state index contributed by atoms with van der Waals surface area (Å²) in [4.78, 5) is 31.4. The van der Waals surface area contributed by atoms with Crippen LogP contribution < -0.4 is 15.5 Å². The number of anilines is 1. The van der Waals surface area contributed by atoms with Gasteiger partial charge in [-0.3, -0.25) is 14.6 Å². The Kier molecular flexibility index (Phi) is 6.85. The van der Waals surface area contributed by atoms with E-state index in [-0.39, 0.29) is 17.7 Å². The van der Waals surface area contributed by atoms with Crippen molar-refractivity contribution in [3.05, 3.63) is 59.4 Å². The predicted molar refractivity (Wildman–Crippen MR) is 122 cm³/mol. The molecule has 0 bridgehead atoms. The number of para-hydroxylation sites is 1. The summed E-state index contributed by atoms with van der Waals surface area (Å²) in [5, 5.41) is 6.16. The highest BCUT2D eigenvalue weighted by Crippen LogP contribution is 2.29. The average Bonchev–Trinajstić information content (AvgIpc) is 3.21. The largest absolute Gasteiger partial charge is 0.369 e. The molecule has 0 atom stereocenters. The molecule has 6 nitrogen and oxygen atoms in total. The Balaban J connectivity index is 1.14. The van der Waals surface area contributed by atoms with Gasteiger partial charge in [-0.1, -0.05) is 18.2 Å². The van der Waals surface area contributed by atoms with Gasteiger partial charge in [0.05, 0.1) is 5.56 Å². The first kappa shape index (κ1) is 21.3. The van der Waals surface area contributed by atoms with Crippen molar-refractivity contribution < 1.29 is 9.59 Å². The Hall–Kier alpha value is -2.89. The van der Waals surface area contributed by atoms with Crippen molar-refractivity contribution in [3.8, 4) is 0 Å². The number of carbonyl (C=O) groups is 2. The van der Waals surface area contributed by atoms with E-state index in [1.54, 1.807) is 12.3 Å². The van der Waals surface area contributed by atoms with Gasteiger partial charge in [0.15, 0.2) is 0 Å². The Morgan fingerprint density at radius 3 is 2.65 bits per heavy atom. The second kappa shape index (κ2) is 9.94. The Morgan fingerprint density at radius 1 is 1.06 bits per heavy atom. The number of aromatic nitrogens is 1. The lowest BCUT2D eigenvalue weighted by atomic mass is 9.81. The summed E-state index contributed by atoms with van der Waals surface area (Å²) in [6, 6.07) is 12.2. The third-order valence-corrected chi connectivity index (χ3v) is 6.61. The monoisotopic (exact) mass is 420 g/mol. The van der Waals surface area contributed by atoms with Gasteiger partial charge in [0.25, 0.3) is 5.91 Å². The van der Waals surface area contributed by atoms with E-state index in [0.717, 1.165) is 50.9 Å². The number of rotatable bonds is 7. The molecule has 1 aliphatic heterocycles. The van der Waals surface area contributed by atoms with Crippen LogP contribution in [0.1, 0.15) is 47.3 Å². The number of hydrogen-bond acceptors (Lipinski definition) is 4. The summed E-state index contributed by atoms with van der Waals surface area (Å²) in [7, 11) is 0. The molecule has 1 aromatic carbocycles. The molecule has 0 radical (unpaired) electrons. The maximum atomic E-state index is 12.6. The van der Waals surface area contributed by atoms with E-state index in [0.29, 0.717) is 24.6 Å². The molecule has 164 valence electrons. The molecule has 2 aliphatic rings. The van der Waals surface area contributed by atoms with Crippen LogP contribution in [-0.2, 0) is 11.2 Å². The number of nitrogens with zero attached hydrogens (tertiary/aromatic N) is 2. The molecule has 2 aromatic rings. The minimum Gasteiger partial charge on any atom is -0.369 e. The normalized spacial score (nSPS) is 20.2. The molecule has 4 rings (SSSR count). The van der Waals surface area contributed by atoms with E-state index in [2.05, 4.69) is 44.8 Å². The zero-order chi connectivity index (χ0) is 21.6. The first-order valence-electron chi connectivity index (χ1n) is 11.4. The van der Waals surface area contributed by atoms with E-state index in [1.165, 1.54) is 11.3 Å². The molecule has 0 spiro atoms. The van der Waals surface area contributed by atoms with Gasteiger partial charge >= 0.3 is 0 Å². The van der Waals surface area contributed by atoms with Crippen LogP contribution >= 0.6 is 0 Å². The van der Waals surface area contributed by atoms with Gasteiger partial charge in [-0.15, -0.1) is 0 Å². The summed E-state index contributed by atoms with van der Waals surface area (Å²) >= 11 is 0. The van der Waals surface area contributed by atoms with Gasteiger partial charge in [-0.2, -0.15) is 0 Å². The summed E-state index contributed by atoms with van der Waals surface area (Å²) < 4.78 is 0. The number of amides is 2. The SMILES string of the molecule is Cc1ccc(C(=O)NCC2CCC(C(=O)NCCN3CCc4ccccc43)CC2)cn1. The van der Waals surface area contributed by atoms with Crippen LogP contribution in [-0.4, -0.2) is 43.0 Å². The van der Waals surface area contributed by atoms with Gasteiger partial charge in [-0.05, 0) is 68.7 Å². The third-order valence-electron chi connectivity index (χ3n) is 6.61. The van der Waals surface area contributed by atoms with Crippen molar-refractivity contribution in [2.24, 2.45) is 11.8 Å². The lowest BCUT2D eigenvalue weighted by Gasteiger charge is -2.28. The van der Waals surface area contributed by atoms with Crippen LogP contribution in [0.4, 0.5) is 5.69 Å². The van der Waals surface area contributed by atoms with Crippen molar-refractivity contribution in [2.75, 3.05) is 31.1 Å².